The number of anilines is 3. The summed E-state index contributed by atoms with van der Waals surface area (Å²) in [5.74, 6) is 0.441. The van der Waals surface area contributed by atoms with E-state index < -0.39 is 0 Å². The van der Waals surface area contributed by atoms with Gasteiger partial charge in [-0.3, -0.25) is 4.79 Å². The van der Waals surface area contributed by atoms with Crippen LogP contribution in [0.1, 0.15) is 35.5 Å². The molecule has 1 aromatic heterocycles. The van der Waals surface area contributed by atoms with E-state index in [0.29, 0.717) is 24.5 Å². The molecule has 174 valence electrons. The van der Waals surface area contributed by atoms with Crippen LogP contribution < -0.4 is 15.5 Å². The number of rotatable bonds is 8. The van der Waals surface area contributed by atoms with E-state index in [1.54, 1.807) is 17.0 Å². The summed E-state index contributed by atoms with van der Waals surface area (Å²) in [6.07, 6.45) is 1.50. The molecule has 2 aromatic carbocycles. The number of carbonyl (C=O) groups is 2. The average Bonchev–Trinajstić information content (AvgIpc) is 3.29. The molecule has 7 heteroatoms. The smallest absolute Gasteiger partial charge is 0.323 e. The van der Waals surface area contributed by atoms with Crippen LogP contribution >= 0.6 is 0 Å². The summed E-state index contributed by atoms with van der Waals surface area (Å²) in [5.41, 5.74) is 4.39. The van der Waals surface area contributed by atoms with Crippen LogP contribution in [0.4, 0.5) is 21.9 Å². The van der Waals surface area contributed by atoms with E-state index in [4.69, 9.17) is 4.42 Å². The number of hydrogen-bond donors (Lipinski definition) is 2. The Bertz CT molecular complexity index is 1070. The molecule has 1 heterocycles. The lowest BCUT2D eigenvalue weighted by molar-refractivity contribution is 0.0690. The van der Waals surface area contributed by atoms with Crippen LogP contribution in [0.2, 0.25) is 0 Å². The highest BCUT2D eigenvalue weighted by Crippen LogP contribution is 2.26. The molecule has 3 aromatic rings. The molecule has 0 fully saturated rings. The Morgan fingerprint density at radius 1 is 0.970 bits per heavy atom. The standard InChI is InChI=1S/C26H32N4O3/c1-18(2)16-30(25(31)24-7-6-14-33-24)17-20-15-22(12-13-23(20)29(4)5)28-26(32)27-21-10-8-19(3)9-11-21/h6-15,18H,16-17H2,1-5H3,(H2,27,28,32). The Hall–Kier alpha value is -3.74. The molecule has 0 bridgehead atoms. The van der Waals surface area contributed by atoms with Crippen molar-refractivity contribution in [1.29, 1.82) is 0 Å². The van der Waals surface area contributed by atoms with Crippen molar-refractivity contribution in [2.75, 3.05) is 36.2 Å². The molecule has 2 N–H and O–H groups in total. The molecule has 0 saturated carbocycles. The first-order valence-electron chi connectivity index (χ1n) is 11.0. The number of carbonyl (C=O) groups excluding carboxylic acids is 2. The Morgan fingerprint density at radius 3 is 2.24 bits per heavy atom. The van der Waals surface area contributed by atoms with Gasteiger partial charge in [0.2, 0.25) is 0 Å². The van der Waals surface area contributed by atoms with E-state index in [1.165, 1.54) is 6.26 Å². The molecule has 3 rings (SSSR count). The van der Waals surface area contributed by atoms with Gasteiger partial charge in [0.25, 0.3) is 5.91 Å². The fourth-order valence-electron chi connectivity index (χ4n) is 3.58. The fourth-order valence-corrected chi connectivity index (χ4v) is 3.58. The second-order valence-corrected chi connectivity index (χ2v) is 8.74. The number of benzene rings is 2. The number of amides is 3. The molecule has 0 spiro atoms. The van der Waals surface area contributed by atoms with Crippen LogP contribution in [-0.4, -0.2) is 37.5 Å². The van der Waals surface area contributed by atoms with Crippen LogP contribution in [0, 0.1) is 12.8 Å². The van der Waals surface area contributed by atoms with E-state index in [1.807, 2.05) is 68.4 Å². The molecule has 0 atom stereocenters. The molecule has 0 radical (unpaired) electrons. The SMILES string of the molecule is Cc1ccc(NC(=O)Nc2ccc(N(C)C)c(CN(CC(C)C)C(=O)c3ccco3)c2)cc1. The summed E-state index contributed by atoms with van der Waals surface area (Å²) in [7, 11) is 3.91. The number of urea groups is 1. The maximum absolute atomic E-state index is 13.1. The van der Waals surface area contributed by atoms with Gasteiger partial charge in [-0.15, -0.1) is 0 Å². The van der Waals surface area contributed by atoms with Gasteiger partial charge in [0.1, 0.15) is 0 Å². The third-order valence-corrected chi connectivity index (χ3v) is 5.09. The van der Waals surface area contributed by atoms with Gasteiger partial charge in [-0.2, -0.15) is 0 Å². The van der Waals surface area contributed by atoms with Crippen molar-refractivity contribution in [2.45, 2.75) is 27.3 Å². The summed E-state index contributed by atoms with van der Waals surface area (Å²) in [4.78, 5) is 29.4. The zero-order valence-corrected chi connectivity index (χ0v) is 19.9. The lowest BCUT2D eigenvalue weighted by Crippen LogP contribution is -2.34. The highest BCUT2D eigenvalue weighted by atomic mass is 16.3. The Kier molecular flexibility index (Phi) is 7.77. The molecular weight excluding hydrogens is 416 g/mol. The Labute approximate surface area is 195 Å². The summed E-state index contributed by atoms with van der Waals surface area (Å²) >= 11 is 0. The minimum absolute atomic E-state index is 0.158. The minimum atomic E-state index is -0.326. The van der Waals surface area contributed by atoms with Gasteiger partial charge in [-0.1, -0.05) is 31.5 Å². The van der Waals surface area contributed by atoms with Gasteiger partial charge in [0.05, 0.1) is 6.26 Å². The minimum Gasteiger partial charge on any atom is -0.459 e. The van der Waals surface area contributed by atoms with Crippen LogP contribution in [0.5, 0.6) is 0 Å². The first-order chi connectivity index (χ1) is 15.7. The Balaban J connectivity index is 1.81. The van der Waals surface area contributed by atoms with Crippen molar-refractivity contribution < 1.29 is 14.0 Å². The van der Waals surface area contributed by atoms with Gasteiger partial charge in [-0.25, -0.2) is 4.79 Å². The molecule has 3 amide bonds. The van der Waals surface area contributed by atoms with Crippen molar-refractivity contribution in [1.82, 2.24) is 4.90 Å². The topological polar surface area (TPSA) is 77.8 Å². The number of nitrogens with zero attached hydrogens (tertiary/aromatic N) is 2. The third kappa shape index (κ3) is 6.62. The largest absolute Gasteiger partial charge is 0.459 e. The van der Waals surface area contributed by atoms with Gasteiger partial charge in [0, 0.05) is 44.2 Å². The van der Waals surface area contributed by atoms with E-state index in [-0.39, 0.29) is 17.9 Å². The van der Waals surface area contributed by atoms with Crippen molar-refractivity contribution in [3.63, 3.8) is 0 Å². The maximum Gasteiger partial charge on any atom is 0.323 e. The van der Waals surface area contributed by atoms with Gasteiger partial charge in [-0.05, 0) is 60.9 Å². The quantitative estimate of drug-likeness (QED) is 0.470. The molecule has 7 nitrogen and oxygen atoms in total. The number of hydrogen-bond acceptors (Lipinski definition) is 4. The molecular formula is C26H32N4O3. The monoisotopic (exact) mass is 448 g/mol. The van der Waals surface area contributed by atoms with Crippen LogP contribution in [0.3, 0.4) is 0 Å². The van der Waals surface area contributed by atoms with Crippen LogP contribution in [0.15, 0.2) is 65.3 Å². The predicted octanol–water partition coefficient (Wildman–Crippen LogP) is 5.60. The second kappa shape index (κ2) is 10.7. The molecule has 0 unspecified atom stereocenters. The van der Waals surface area contributed by atoms with Crippen LogP contribution in [-0.2, 0) is 6.54 Å². The van der Waals surface area contributed by atoms with Crippen LogP contribution in [0.25, 0.3) is 0 Å². The lowest BCUT2D eigenvalue weighted by atomic mass is 10.1. The van der Waals surface area contributed by atoms with Gasteiger partial charge >= 0.3 is 6.03 Å². The van der Waals surface area contributed by atoms with Crippen molar-refractivity contribution >= 4 is 29.0 Å². The summed E-state index contributed by atoms with van der Waals surface area (Å²) in [6, 6.07) is 16.4. The number of furan rings is 1. The third-order valence-electron chi connectivity index (χ3n) is 5.09. The molecule has 0 saturated heterocycles. The number of nitrogens with one attached hydrogen (secondary N) is 2. The predicted molar refractivity (Wildman–Crippen MR) is 133 cm³/mol. The maximum atomic E-state index is 13.1. The van der Waals surface area contributed by atoms with Gasteiger partial charge in [0.15, 0.2) is 5.76 Å². The highest BCUT2D eigenvalue weighted by molar-refractivity contribution is 6.00. The zero-order chi connectivity index (χ0) is 24.0. The summed E-state index contributed by atoms with van der Waals surface area (Å²) in [6.45, 7) is 7.11. The first-order valence-corrected chi connectivity index (χ1v) is 11.0. The molecule has 0 aliphatic rings. The van der Waals surface area contributed by atoms with E-state index in [2.05, 4.69) is 24.5 Å². The average molecular weight is 449 g/mol. The van der Waals surface area contributed by atoms with Crippen molar-refractivity contribution in [3.8, 4) is 0 Å². The molecule has 33 heavy (non-hydrogen) atoms. The van der Waals surface area contributed by atoms with E-state index in [0.717, 1.165) is 22.5 Å². The normalized spacial score (nSPS) is 10.7. The zero-order valence-electron chi connectivity index (χ0n) is 19.9. The van der Waals surface area contributed by atoms with E-state index in [9.17, 15) is 9.59 Å². The van der Waals surface area contributed by atoms with Crippen molar-refractivity contribution in [3.05, 3.63) is 77.7 Å². The number of aryl methyl sites for hydroxylation is 1. The van der Waals surface area contributed by atoms with Gasteiger partial charge < -0.3 is 24.9 Å². The molecule has 0 aliphatic carbocycles. The summed E-state index contributed by atoms with van der Waals surface area (Å²) < 4.78 is 5.35. The Morgan fingerprint density at radius 2 is 1.64 bits per heavy atom. The fraction of sp³-hybridized carbons (Fsp3) is 0.308. The highest BCUT2D eigenvalue weighted by Gasteiger charge is 2.21. The summed E-state index contributed by atoms with van der Waals surface area (Å²) in [5, 5.41) is 5.73. The lowest BCUT2D eigenvalue weighted by Gasteiger charge is -2.27. The van der Waals surface area contributed by atoms with E-state index >= 15 is 0 Å². The second-order valence-electron chi connectivity index (χ2n) is 8.74. The first kappa shape index (κ1) is 23.9. The molecule has 0 aliphatic heterocycles. The van der Waals surface area contributed by atoms with Crippen molar-refractivity contribution in [2.24, 2.45) is 5.92 Å².